The minimum atomic E-state index is -5.14. The zero-order valence-electron chi connectivity index (χ0n) is 10.2. The van der Waals surface area contributed by atoms with Gasteiger partial charge in [0.1, 0.15) is 17.5 Å². The first-order valence-corrected chi connectivity index (χ1v) is 5.38. The third-order valence-corrected chi connectivity index (χ3v) is 2.88. The highest BCUT2D eigenvalue weighted by atomic mass is 19.4. The van der Waals surface area contributed by atoms with Gasteiger partial charge in [-0.05, 0) is 18.5 Å². The van der Waals surface area contributed by atoms with Crippen LogP contribution in [0.2, 0.25) is 0 Å². The Kier molecular flexibility index (Phi) is 4.59. The first-order valence-electron chi connectivity index (χ1n) is 5.38. The summed E-state index contributed by atoms with van der Waals surface area (Å²) in [6, 6.07) is 4.58. The molecular formula is C11H11F4N3O2. The maximum atomic E-state index is 13.7. The fourth-order valence-corrected chi connectivity index (χ4v) is 1.72. The predicted molar refractivity (Wildman–Crippen MR) is 61.0 cm³/mol. The quantitative estimate of drug-likeness (QED) is 0.387. The number of rotatable bonds is 4. The molecule has 5 nitrogen and oxygen atoms in total. The lowest BCUT2D eigenvalue weighted by molar-refractivity contribution is -0.238. The van der Waals surface area contributed by atoms with Crippen LogP contribution in [0.15, 0.2) is 29.4 Å². The monoisotopic (exact) mass is 293 g/mol. The molecule has 0 saturated heterocycles. The van der Waals surface area contributed by atoms with Crippen molar-refractivity contribution < 1.29 is 27.8 Å². The molecular weight excluding hydrogens is 282 g/mol. The van der Waals surface area contributed by atoms with Crippen molar-refractivity contribution in [2.75, 3.05) is 0 Å². The molecule has 1 aromatic carbocycles. The zero-order valence-corrected chi connectivity index (χ0v) is 10.2. The highest BCUT2D eigenvalue weighted by Gasteiger charge is 2.51. The predicted octanol–water partition coefficient (Wildman–Crippen LogP) is 2.64. The lowest BCUT2D eigenvalue weighted by Gasteiger charge is -2.34. The van der Waals surface area contributed by atoms with Crippen LogP contribution >= 0.6 is 0 Å². The number of aliphatic hydroxyl groups excluding tert-OH is 2. The topological polar surface area (TPSA) is 89.2 Å². The van der Waals surface area contributed by atoms with Crippen molar-refractivity contribution in [3.8, 4) is 0 Å². The Bertz CT molecular complexity index is 531. The Morgan fingerprint density at radius 1 is 1.20 bits per heavy atom. The van der Waals surface area contributed by atoms with Crippen molar-refractivity contribution in [2.45, 2.75) is 30.8 Å². The Labute approximate surface area is 111 Å². The number of aliphatic hydroxyl groups is 2. The maximum absolute atomic E-state index is 13.7. The first-order chi connectivity index (χ1) is 9.14. The van der Waals surface area contributed by atoms with Crippen LogP contribution in [0.1, 0.15) is 12.5 Å². The van der Waals surface area contributed by atoms with E-state index in [4.69, 9.17) is 10.6 Å². The molecule has 0 aliphatic rings. The lowest BCUT2D eigenvalue weighted by atomic mass is 9.84. The van der Waals surface area contributed by atoms with Gasteiger partial charge in [0.15, 0.2) is 6.10 Å². The zero-order chi connectivity index (χ0) is 15.6. The highest BCUT2D eigenvalue weighted by molar-refractivity contribution is 5.28. The molecule has 3 atom stereocenters. The molecule has 0 aliphatic carbocycles. The SMILES string of the molecule is C[C@@](N=[N+]=[N-])(c1ccccc1F)[C@@H](O)[C@H](O)C(F)(F)F. The second-order valence-corrected chi connectivity index (χ2v) is 4.25. The molecule has 2 N–H and O–H groups in total. The van der Waals surface area contributed by atoms with Crippen LogP contribution in [0.3, 0.4) is 0 Å². The number of hydrogen-bond acceptors (Lipinski definition) is 3. The van der Waals surface area contributed by atoms with Gasteiger partial charge in [-0.15, -0.1) is 0 Å². The van der Waals surface area contributed by atoms with Gasteiger partial charge in [-0.25, -0.2) is 4.39 Å². The van der Waals surface area contributed by atoms with Gasteiger partial charge in [0, 0.05) is 10.5 Å². The number of halogens is 4. The Balaban J connectivity index is 3.37. The van der Waals surface area contributed by atoms with Crippen molar-refractivity contribution in [1.82, 2.24) is 0 Å². The van der Waals surface area contributed by atoms with E-state index in [1.54, 1.807) is 0 Å². The maximum Gasteiger partial charge on any atom is 0.416 e. The number of azide groups is 1. The van der Waals surface area contributed by atoms with Crippen molar-refractivity contribution in [3.05, 3.63) is 46.1 Å². The van der Waals surface area contributed by atoms with Crippen LogP contribution in [-0.2, 0) is 5.54 Å². The third kappa shape index (κ3) is 3.01. The second kappa shape index (κ2) is 5.66. The number of nitrogens with zero attached hydrogens (tertiary/aromatic N) is 3. The van der Waals surface area contributed by atoms with Gasteiger partial charge in [-0.2, -0.15) is 13.2 Å². The van der Waals surface area contributed by atoms with Gasteiger partial charge in [-0.1, -0.05) is 23.3 Å². The summed E-state index contributed by atoms with van der Waals surface area (Å²) in [6.45, 7) is 0.908. The summed E-state index contributed by atoms with van der Waals surface area (Å²) in [5, 5.41) is 21.8. The van der Waals surface area contributed by atoms with E-state index in [0.717, 1.165) is 19.1 Å². The number of benzene rings is 1. The smallest absolute Gasteiger partial charge is 0.389 e. The van der Waals surface area contributed by atoms with Crippen molar-refractivity contribution in [1.29, 1.82) is 0 Å². The third-order valence-electron chi connectivity index (χ3n) is 2.88. The minimum Gasteiger partial charge on any atom is -0.389 e. The van der Waals surface area contributed by atoms with Gasteiger partial charge < -0.3 is 10.2 Å². The van der Waals surface area contributed by atoms with Crippen LogP contribution in [-0.4, -0.2) is 28.6 Å². The molecule has 0 fully saturated rings. The van der Waals surface area contributed by atoms with E-state index in [0.29, 0.717) is 0 Å². The lowest BCUT2D eigenvalue weighted by Crippen LogP contribution is -2.50. The molecule has 0 bridgehead atoms. The minimum absolute atomic E-state index is 0.450. The summed E-state index contributed by atoms with van der Waals surface area (Å²) in [4.78, 5) is 2.33. The molecule has 110 valence electrons. The molecule has 0 radical (unpaired) electrons. The van der Waals surface area contributed by atoms with Gasteiger partial charge >= 0.3 is 6.18 Å². The molecule has 0 amide bonds. The molecule has 0 spiro atoms. The molecule has 9 heteroatoms. The molecule has 0 saturated carbocycles. The van der Waals surface area contributed by atoms with Crippen LogP contribution in [0.5, 0.6) is 0 Å². The van der Waals surface area contributed by atoms with E-state index in [2.05, 4.69) is 10.0 Å². The number of alkyl halides is 3. The summed E-state index contributed by atoms with van der Waals surface area (Å²) >= 11 is 0. The summed E-state index contributed by atoms with van der Waals surface area (Å²) in [5.41, 5.74) is 5.69. The molecule has 0 aromatic heterocycles. The Morgan fingerprint density at radius 2 is 1.75 bits per heavy atom. The van der Waals surface area contributed by atoms with E-state index in [1.807, 2.05) is 0 Å². The average Bonchev–Trinajstić information content (AvgIpc) is 2.36. The fourth-order valence-electron chi connectivity index (χ4n) is 1.72. The fraction of sp³-hybridized carbons (Fsp3) is 0.455. The standard InChI is InChI=1S/C11H11F4N3O2/c1-10(17-18-16,6-4-2-3-5-7(6)12)8(19)9(20)11(13,14)15/h2-5,8-9,19-20H,1H3/t8-,9-,10+/m0/s1. The van der Waals surface area contributed by atoms with E-state index < -0.39 is 35.3 Å². The summed E-state index contributed by atoms with van der Waals surface area (Å²) in [6.07, 6.45) is -10.9. The van der Waals surface area contributed by atoms with Crippen LogP contribution < -0.4 is 0 Å². The first kappa shape index (κ1) is 16.2. The number of hydrogen-bond donors (Lipinski definition) is 2. The summed E-state index contributed by atoms with van der Waals surface area (Å²) in [7, 11) is 0. The van der Waals surface area contributed by atoms with E-state index in [9.17, 15) is 22.7 Å². The van der Waals surface area contributed by atoms with Gasteiger partial charge in [0.25, 0.3) is 0 Å². The van der Waals surface area contributed by atoms with Crippen molar-refractivity contribution in [2.24, 2.45) is 5.11 Å². The Hall–Kier alpha value is -1.83. The summed E-state index contributed by atoms with van der Waals surface area (Å²) < 4.78 is 51.0. The van der Waals surface area contributed by atoms with Crippen LogP contribution in [0.4, 0.5) is 17.6 Å². The summed E-state index contributed by atoms with van der Waals surface area (Å²) in [5.74, 6) is -0.962. The normalized spacial score (nSPS) is 17.8. The molecule has 0 unspecified atom stereocenters. The molecule has 20 heavy (non-hydrogen) atoms. The van der Waals surface area contributed by atoms with E-state index in [1.165, 1.54) is 12.1 Å². The molecule has 0 heterocycles. The second-order valence-electron chi connectivity index (χ2n) is 4.25. The van der Waals surface area contributed by atoms with Crippen LogP contribution in [0.25, 0.3) is 10.4 Å². The highest BCUT2D eigenvalue weighted by Crippen LogP contribution is 2.37. The van der Waals surface area contributed by atoms with E-state index in [-0.39, 0.29) is 0 Å². The largest absolute Gasteiger partial charge is 0.416 e. The van der Waals surface area contributed by atoms with Gasteiger partial charge in [0.05, 0.1) is 0 Å². The molecule has 1 aromatic rings. The van der Waals surface area contributed by atoms with Crippen LogP contribution in [0, 0.1) is 5.82 Å². The average molecular weight is 293 g/mol. The van der Waals surface area contributed by atoms with Crippen molar-refractivity contribution >= 4 is 0 Å². The van der Waals surface area contributed by atoms with Crippen molar-refractivity contribution in [3.63, 3.8) is 0 Å². The Morgan fingerprint density at radius 3 is 2.20 bits per heavy atom. The van der Waals surface area contributed by atoms with Gasteiger partial charge in [-0.3, -0.25) is 0 Å². The van der Waals surface area contributed by atoms with E-state index >= 15 is 0 Å². The molecule has 0 aliphatic heterocycles. The molecule has 1 rings (SSSR count). The van der Waals surface area contributed by atoms with Gasteiger partial charge in [0.2, 0.25) is 0 Å².